The number of carbonyl (C=O) groups excluding carboxylic acids is 2. The second-order valence-corrected chi connectivity index (χ2v) is 9.30. The van der Waals surface area contributed by atoms with Crippen LogP contribution in [0.25, 0.3) is 6.08 Å². The Balaban J connectivity index is 1.48. The van der Waals surface area contributed by atoms with E-state index in [4.69, 9.17) is 19.0 Å². The smallest absolute Gasteiger partial charge is 0.371 e. The number of nitrogens with zero attached hydrogens (tertiary/aromatic N) is 1. The van der Waals surface area contributed by atoms with Crippen LogP contribution in [-0.2, 0) is 17.9 Å². The van der Waals surface area contributed by atoms with Gasteiger partial charge in [-0.1, -0.05) is 34.1 Å². The summed E-state index contributed by atoms with van der Waals surface area (Å²) < 4.78 is 17.6. The number of ether oxygens (including phenoxy) is 2. The molecule has 0 spiro atoms. The van der Waals surface area contributed by atoms with Gasteiger partial charge < -0.3 is 19.0 Å². The molecule has 2 heterocycles. The van der Waals surface area contributed by atoms with E-state index in [2.05, 4.69) is 15.9 Å². The Morgan fingerprint density at radius 1 is 1.09 bits per heavy atom. The monoisotopic (exact) mass is 557 g/mol. The minimum atomic E-state index is -1.16. The van der Waals surface area contributed by atoms with E-state index in [1.807, 2.05) is 31.2 Å². The molecule has 2 amide bonds. The molecule has 0 saturated carbocycles. The largest absolute Gasteiger partial charge is 0.490 e. The highest BCUT2D eigenvalue weighted by Gasteiger charge is 2.35. The van der Waals surface area contributed by atoms with Gasteiger partial charge in [-0.25, -0.2) is 4.79 Å². The van der Waals surface area contributed by atoms with Gasteiger partial charge in [0.05, 0.1) is 18.1 Å². The highest BCUT2D eigenvalue weighted by Crippen LogP contribution is 2.35. The number of carboxylic acids is 1. The number of aromatic carboxylic acids is 1. The Labute approximate surface area is 213 Å². The molecule has 180 valence electrons. The zero-order valence-corrected chi connectivity index (χ0v) is 20.9. The number of hydrogen-bond donors (Lipinski definition) is 1. The molecule has 0 bridgehead atoms. The number of carbonyl (C=O) groups is 3. The van der Waals surface area contributed by atoms with Crippen molar-refractivity contribution in [2.45, 2.75) is 20.1 Å². The number of rotatable bonds is 9. The molecule has 3 aromatic rings. The van der Waals surface area contributed by atoms with Crippen molar-refractivity contribution in [3.05, 3.63) is 86.6 Å². The maximum Gasteiger partial charge on any atom is 0.371 e. The topological polar surface area (TPSA) is 106 Å². The fourth-order valence-electron chi connectivity index (χ4n) is 3.28. The predicted octanol–water partition coefficient (Wildman–Crippen LogP) is 5.95. The highest BCUT2D eigenvalue weighted by atomic mass is 79.9. The lowest BCUT2D eigenvalue weighted by Gasteiger charge is -2.13. The average molecular weight is 558 g/mol. The maximum absolute atomic E-state index is 12.9. The van der Waals surface area contributed by atoms with Crippen LogP contribution in [0.4, 0.5) is 4.79 Å². The molecule has 0 unspecified atom stereocenters. The van der Waals surface area contributed by atoms with Gasteiger partial charge in [-0.15, -0.1) is 0 Å². The molecule has 1 aliphatic rings. The van der Waals surface area contributed by atoms with Crippen molar-refractivity contribution >= 4 is 50.9 Å². The van der Waals surface area contributed by atoms with Crippen molar-refractivity contribution in [3.63, 3.8) is 0 Å². The molecular formula is C25H20BrNO7S. The van der Waals surface area contributed by atoms with Crippen LogP contribution in [0.3, 0.4) is 0 Å². The zero-order valence-electron chi connectivity index (χ0n) is 18.5. The van der Waals surface area contributed by atoms with Crippen LogP contribution < -0.4 is 9.47 Å². The van der Waals surface area contributed by atoms with Gasteiger partial charge in [0.2, 0.25) is 5.76 Å². The van der Waals surface area contributed by atoms with Crippen LogP contribution in [0, 0.1) is 0 Å². The van der Waals surface area contributed by atoms with Crippen molar-refractivity contribution in [2.24, 2.45) is 0 Å². The number of carboxylic acid groups (broad SMARTS) is 1. The molecule has 1 saturated heterocycles. The fourth-order valence-corrected chi connectivity index (χ4v) is 4.38. The summed E-state index contributed by atoms with van der Waals surface area (Å²) in [7, 11) is 0. The molecule has 0 aliphatic carbocycles. The number of halogens is 1. The molecule has 2 aromatic carbocycles. The summed E-state index contributed by atoms with van der Waals surface area (Å²) in [6, 6.07) is 15.5. The Hall–Kier alpha value is -3.50. The zero-order chi connectivity index (χ0) is 24.9. The number of furan rings is 1. The van der Waals surface area contributed by atoms with E-state index in [9.17, 15) is 14.4 Å². The standard InChI is InChI=1S/C25H20BrNO7S/c1-2-32-21-11-16(5-9-19(21)33-14-18-8-10-20(34-18)24(29)30)12-22-23(28)27(25(31)35-22)13-15-3-6-17(26)7-4-15/h3-12H,2,13-14H2,1H3,(H,29,30). The molecular weight excluding hydrogens is 538 g/mol. The first-order valence-corrected chi connectivity index (χ1v) is 12.2. The van der Waals surface area contributed by atoms with Gasteiger partial charge in [0.15, 0.2) is 11.5 Å². The maximum atomic E-state index is 12.9. The summed E-state index contributed by atoms with van der Waals surface area (Å²) in [6.07, 6.45) is 1.64. The van der Waals surface area contributed by atoms with Gasteiger partial charge in [0, 0.05) is 4.47 Å². The number of hydrogen-bond acceptors (Lipinski definition) is 7. The van der Waals surface area contributed by atoms with E-state index in [1.54, 1.807) is 24.3 Å². The summed E-state index contributed by atoms with van der Waals surface area (Å²) in [5.74, 6) is -0.447. The summed E-state index contributed by atoms with van der Waals surface area (Å²) in [5.41, 5.74) is 1.52. The molecule has 1 N–H and O–H groups in total. The van der Waals surface area contributed by atoms with Crippen LogP contribution in [0.5, 0.6) is 11.5 Å². The van der Waals surface area contributed by atoms with Crippen molar-refractivity contribution in [3.8, 4) is 11.5 Å². The first-order valence-electron chi connectivity index (χ1n) is 10.6. The number of benzene rings is 2. The normalized spacial score (nSPS) is 14.6. The highest BCUT2D eigenvalue weighted by molar-refractivity contribution is 9.10. The van der Waals surface area contributed by atoms with Crippen molar-refractivity contribution < 1.29 is 33.4 Å². The Morgan fingerprint density at radius 2 is 1.86 bits per heavy atom. The van der Waals surface area contributed by atoms with E-state index >= 15 is 0 Å². The van der Waals surface area contributed by atoms with Crippen molar-refractivity contribution in [1.29, 1.82) is 0 Å². The molecule has 8 nitrogen and oxygen atoms in total. The summed E-state index contributed by atoms with van der Waals surface area (Å²) in [5, 5.41) is 8.64. The van der Waals surface area contributed by atoms with Gasteiger partial charge in [-0.05, 0) is 72.3 Å². The predicted molar refractivity (Wildman–Crippen MR) is 133 cm³/mol. The lowest BCUT2D eigenvalue weighted by Crippen LogP contribution is -2.27. The number of imide groups is 1. The summed E-state index contributed by atoms with van der Waals surface area (Å²) >= 11 is 4.26. The molecule has 0 atom stereocenters. The van der Waals surface area contributed by atoms with Gasteiger partial charge >= 0.3 is 5.97 Å². The van der Waals surface area contributed by atoms with E-state index in [1.165, 1.54) is 17.0 Å². The lowest BCUT2D eigenvalue weighted by atomic mass is 10.1. The molecule has 1 aliphatic heterocycles. The Morgan fingerprint density at radius 3 is 2.54 bits per heavy atom. The van der Waals surface area contributed by atoms with E-state index < -0.39 is 5.97 Å². The van der Waals surface area contributed by atoms with Crippen LogP contribution >= 0.6 is 27.7 Å². The van der Waals surface area contributed by atoms with Crippen LogP contribution in [-0.4, -0.2) is 33.7 Å². The van der Waals surface area contributed by atoms with E-state index in [-0.39, 0.29) is 30.1 Å². The minimum absolute atomic E-state index is 0.0155. The number of amides is 2. The van der Waals surface area contributed by atoms with Gasteiger partial charge in [-0.3, -0.25) is 14.5 Å². The quantitative estimate of drug-likeness (QED) is 0.321. The van der Waals surface area contributed by atoms with Crippen molar-refractivity contribution in [2.75, 3.05) is 6.61 Å². The van der Waals surface area contributed by atoms with Crippen LogP contribution in [0.15, 0.2) is 68.4 Å². The third-order valence-electron chi connectivity index (χ3n) is 4.94. The summed E-state index contributed by atoms with van der Waals surface area (Å²) in [4.78, 5) is 37.8. The molecule has 1 fully saturated rings. The third kappa shape index (κ3) is 5.95. The molecule has 0 radical (unpaired) electrons. The fraction of sp³-hybridized carbons (Fsp3) is 0.160. The van der Waals surface area contributed by atoms with Gasteiger partial charge in [-0.2, -0.15) is 0 Å². The minimum Gasteiger partial charge on any atom is -0.490 e. The van der Waals surface area contributed by atoms with Gasteiger partial charge in [0.1, 0.15) is 12.4 Å². The molecule has 4 rings (SSSR count). The van der Waals surface area contributed by atoms with Crippen LogP contribution in [0.1, 0.15) is 34.4 Å². The van der Waals surface area contributed by atoms with Gasteiger partial charge in [0.25, 0.3) is 11.1 Å². The second-order valence-electron chi connectivity index (χ2n) is 7.39. The van der Waals surface area contributed by atoms with Crippen molar-refractivity contribution in [1.82, 2.24) is 4.90 Å². The molecule has 1 aromatic heterocycles. The summed E-state index contributed by atoms with van der Waals surface area (Å²) in [6.45, 7) is 2.42. The molecule has 10 heteroatoms. The Kier molecular flexibility index (Phi) is 7.62. The Bertz CT molecular complexity index is 1300. The first-order chi connectivity index (χ1) is 16.8. The SMILES string of the molecule is CCOc1cc(C=C2SC(=O)N(Cc3ccc(Br)cc3)C2=O)ccc1OCc1ccc(C(=O)O)o1. The second kappa shape index (κ2) is 10.8. The lowest BCUT2D eigenvalue weighted by molar-refractivity contribution is -0.123. The van der Waals surface area contributed by atoms with E-state index in [0.717, 1.165) is 21.8 Å². The molecule has 35 heavy (non-hydrogen) atoms. The number of thioether (sulfide) groups is 1. The van der Waals surface area contributed by atoms with Crippen LogP contribution in [0.2, 0.25) is 0 Å². The third-order valence-corrected chi connectivity index (χ3v) is 6.37. The first kappa shape index (κ1) is 24.6. The van der Waals surface area contributed by atoms with E-state index in [0.29, 0.717) is 34.3 Å². The average Bonchev–Trinajstić information content (AvgIpc) is 3.41.